The maximum atomic E-state index is 11.5. The minimum Gasteiger partial charge on any atom is -0.378 e. The lowest BCUT2D eigenvalue weighted by atomic mass is 10.1. The predicted molar refractivity (Wildman–Crippen MR) is 66.1 cm³/mol. The first-order valence-electron chi connectivity index (χ1n) is 6.14. The minimum atomic E-state index is -1.00. The maximum Gasteiger partial charge on any atom is 0.257 e. The third-order valence-corrected chi connectivity index (χ3v) is 3.56. The van der Waals surface area contributed by atoms with Crippen LogP contribution in [0.3, 0.4) is 0 Å². The maximum absolute atomic E-state index is 11.5. The summed E-state index contributed by atoms with van der Waals surface area (Å²) in [5.41, 5.74) is 2.55. The van der Waals surface area contributed by atoms with Crippen molar-refractivity contribution in [1.29, 1.82) is 0 Å². The molecule has 0 radical (unpaired) electrons. The summed E-state index contributed by atoms with van der Waals surface area (Å²) in [5, 5.41) is 12.5. The quantitative estimate of drug-likeness (QED) is 0.774. The Bertz CT molecular complexity index is 453. The molecule has 1 saturated heterocycles. The zero-order valence-corrected chi connectivity index (χ0v) is 9.65. The number of benzene rings is 1. The fourth-order valence-electron chi connectivity index (χ4n) is 2.65. The first-order valence-corrected chi connectivity index (χ1v) is 6.14. The Labute approximate surface area is 100 Å². The lowest BCUT2D eigenvalue weighted by Crippen LogP contribution is -2.29. The van der Waals surface area contributed by atoms with Gasteiger partial charge in [0.2, 0.25) is 0 Å². The van der Waals surface area contributed by atoms with Gasteiger partial charge < -0.3 is 15.3 Å². The Morgan fingerprint density at radius 3 is 2.76 bits per heavy atom. The van der Waals surface area contributed by atoms with Gasteiger partial charge in [-0.3, -0.25) is 4.79 Å². The molecule has 2 heterocycles. The molecular weight excluding hydrogens is 216 g/mol. The van der Waals surface area contributed by atoms with E-state index in [1.165, 1.54) is 19.3 Å². The fourth-order valence-corrected chi connectivity index (χ4v) is 2.65. The van der Waals surface area contributed by atoms with Crippen molar-refractivity contribution in [3.8, 4) is 0 Å². The molecule has 2 N–H and O–H groups in total. The van der Waals surface area contributed by atoms with Gasteiger partial charge >= 0.3 is 0 Å². The molecule has 0 bridgehead atoms. The summed E-state index contributed by atoms with van der Waals surface area (Å²) in [7, 11) is 0. The Morgan fingerprint density at radius 1 is 1.24 bits per heavy atom. The molecule has 0 spiro atoms. The lowest BCUT2D eigenvalue weighted by Gasteiger charge is -2.30. The number of rotatable bonds is 1. The van der Waals surface area contributed by atoms with Crippen LogP contribution in [-0.2, 0) is 4.79 Å². The average molecular weight is 232 g/mol. The van der Waals surface area contributed by atoms with Crippen molar-refractivity contribution in [2.45, 2.75) is 25.4 Å². The number of hydrogen-bond donors (Lipinski definition) is 2. The van der Waals surface area contributed by atoms with Gasteiger partial charge in [0.1, 0.15) is 0 Å². The second kappa shape index (κ2) is 4.04. The number of piperidine rings is 1. The molecule has 17 heavy (non-hydrogen) atoms. The highest BCUT2D eigenvalue weighted by atomic mass is 16.3. The Kier molecular flexibility index (Phi) is 2.52. The van der Waals surface area contributed by atoms with E-state index in [9.17, 15) is 9.90 Å². The molecule has 1 aromatic rings. The average Bonchev–Trinajstić information content (AvgIpc) is 2.67. The lowest BCUT2D eigenvalue weighted by molar-refractivity contribution is -0.123. The van der Waals surface area contributed by atoms with E-state index in [0.717, 1.165) is 24.5 Å². The van der Waals surface area contributed by atoms with Crippen LogP contribution < -0.4 is 10.2 Å². The van der Waals surface area contributed by atoms with E-state index in [2.05, 4.69) is 10.2 Å². The smallest absolute Gasteiger partial charge is 0.257 e. The second-order valence-corrected chi connectivity index (χ2v) is 4.68. The second-order valence-electron chi connectivity index (χ2n) is 4.68. The Morgan fingerprint density at radius 2 is 2.00 bits per heavy atom. The SMILES string of the molecule is O=C1Nc2c(cccc2N2CCCCC2)C1O. The molecule has 0 saturated carbocycles. The van der Waals surface area contributed by atoms with Gasteiger partial charge in [0.25, 0.3) is 5.91 Å². The van der Waals surface area contributed by atoms with Crippen molar-refractivity contribution in [2.24, 2.45) is 0 Å². The number of nitrogens with zero attached hydrogens (tertiary/aromatic N) is 1. The number of anilines is 2. The van der Waals surface area contributed by atoms with E-state index in [1.54, 1.807) is 0 Å². The number of para-hydroxylation sites is 1. The summed E-state index contributed by atoms with van der Waals surface area (Å²) in [4.78, 5) is 13.8. The van der Waals surface area contributed by atoms with Crippen LogP contribution in [0.4, 0.5) is 11.4 Å². The number of aliphatic hydroxyl groups is 1. The molecule has 0 aliphatic carbocycles. The highest BCUT2D eigenvalue weighted by Crippen LogP contribution is 2.39. The van der Waals surface area contributed by atoms with E-state index in [-0.39, 0.29) is 5.91 Å². The molecule has 2 aliphatic heterocycles. The highest BCUT2D eigenvalue weighted by molar-refractivity contribution is 6.05. The molecule has 90 valence electrons. The van der Waals surface area contributed by atoms with Crippen LogP contribution in [0.25, 0.3) is 0 Å². The summed E-state index contributed by atoms with van der Waals surface area (Å²) >= 11 is 0. The van der Waals surface area contributed by atoms with Crippen molar-refractivity contribution < 1.29 is 9.90 Å². The topological polar surface area (TPSA) is 52.6 Å². The molecular formula is C13H16N2O2. The standard InChI is InChI=1S/C13H16N2O2/c16-12-9-5-4-6-10(11(9)14-13(12)17)15-7-2-1-3-8-15/h4-6,12,16H,1-3,7-8H2,(H,14,17). The molecule has 1 aromatic carbocycles. The zero-order valence-electron chi connectivity index (χ0n) is 9.65. The van der Waals surface area contributed by atoms with Crippen molar-refractivity contribution in [1.82, 2.24) is 0 Å². The van der Waals surface area contributed by atoms with E-state index < -0.39 is 6.10 Å². The van der Waals surface area contributed by atoms with Crippen LogP contribution in [0.5, 0.6) is 0 Å². The normalized spacial score (nSPS) is 23.5. The molecule has 0 aromatic heterocycles. The summed E-state index contributed by atoms with van der Waals surface area (Å²) < 4.78 is 0. The molecule has 1 fully saturated rings. The van der Waals surface area contributed by atoms with Crippen LogP contribution in [0, 0.1) is 0 Å². The van der Waals surface area contributed by atoms with E-state index in [4.69, 9.17) is 0 Å². The van der Waals surface area contributed by atoms with Gasteiger partial charge in [-0.05, 0) is 25.3 Å². The van der Waals surface area contributed by atoms with Crippen LogP contribution in [0.1, 0.15) is 30.9 Å². The van der Waals surface area contributed by atoms with Crippen molar-refractivity contribution in [3.05, 3.63) is 23.8 Å². The van der Waals surface area contributed by atoms with Crippen LogP contribution in [-0.4, -0.2) is 24.1 Å². The van der Waals surface area contributed by atoms with Crippen LogP contribution in [0.15, 0.2) is 18.2 Å². The van der Waals surface area contributed by atoms with Crippen LogP contribution >= 0.6 is 0 Å². The zero-order chi connectivity index (χ0) is 11.8. The fraction of sp³-hybridized carbons (Fsp3) is 0.462. The summed E-state index contributed by atoms with van der Waals surface area (Å²) in [6.45, 7) is 2.06. The van der Waals surface area contributed by atoms with Gasteiger partial charge in [-0.1, -0.05) is 12.1 Å². The number of amides is 1. The number of hydrogen-bond acceptors (Lipinski definition) is 3. The number of aliphatic hydroxyl groups excluding tert-OH is 1. The largest absolute Gasteiger partial charge is 0.378 e. The summed E-state index contributed by atoms with van der Waals surface area (Å²) in [6.07, 6.45) is 2.66. The Hall–Kier alpha value is -1.55. The summed E-state index contributed by atoms with van der Waals surface area (Å²) in [6, 6.07) is 5.74. The third-order valence-electron chi connectivity index (χ3n) is 3.56. The summed E-state index contributed by atoms with van der Waals surface area (Å²) in [5.74, 6) is -0.315. The minimum absolute atomic E-state index is 0.315. The van der Waals surface area contributed by atoms with Gasteiger partial charge in [-0.25, -0.2) is 0 Å². The Balaban J connectivity index is 1.99. The molecule has 4 nitrogen and oxygen atoms in total. The number of carbonyl (C=O) groups excluding carboxylic acids is 1. The molecule has 1 atom stereocenters. The third kappa shape index (κ3) is 1.69. The van der Waals surface area contributed by atoms with Gasteiger partial charge in [-0.2, -0.15) is 0 Å². The van der Waals surface area contributed by atoms with Crippen molar-refractivity contribution in [2.75, 3.05) is 23.3 Å². The number of fused-ring (bicyclic) bond motifs is 1. The van der Waals surface area contributed by atoms with Gasteiger partial charge in [0.05, 0.1) is 11.4 Å². The first kappa shape index (κ1) is 10.6. The van der Waals surface area contributed by atoms with E-state index in [1.807, 2.05) is 18.2 Å². The molecule has 1 amide bonds. The molecule has 4 heteroatoms. The monoisotopic (exact) mass is 232 g/mol. The van der Waals surface area contributed by atoms with Crippen molar-refractivity contribution in [3.63, 3.8) is 0 Å². The van der Waals surface area contributed by atoms with Gasteiger partial charge in [0.15, 0.2) is 6.10 Å². The number of carbonyl (C=O) groups is 1. The van der Waals surface area contributed by atoms with E-state index >= 15 is 0 Å². The number of nitrogens with one attached hydrogen (secondary N) is 1. The van der Waals surface area contributed by atoms with Crippen molar-refractivity contribution >= 4 is 17.3 Å². The molecule has 1 unspecified atom stereocenters. The highest BCUT2D eigenvalue weighted by Gasteiger charge is 2.31. The first-order chi connectivity index (χ1) is 8.27. The van der Waals surface area contributed by atoms with Crippen LogP contribution in [0.2, 0.25) is 0 Å². The predicted octanol–water partition coefficient (Wildman–Crippen LogP) is 1.66. The van der Waals surface area contributed by atoms with Gasteiger partial charge in [-0.15, -0.1) is 0 Å². The van der Waals surface area contributed by atoms with Gasteiger partial charge in [0, 0.05) is 18.7 Å². The molecule has 2 aliphatic rings. The molecule has 3 rings (SSSR count). The van der Waals surface area contributed by atoms with E-state index in [0.29, 0.717) is 5.56 Å².